The van der Waals surface area contributed by atoms with Crippen molar-refractivity contribution in [1.29, 1.82) is 0 Å². The highest BCUT2D eigenvalue weighted by molar-refractivity contribution is 6.17. The van der Waals surface area contributed by atoms with Gasteiger partial charge in [-0.25, -0.2) is 0 Å². The molecule has 1 aromatic rings. The molecule has 1 rings (SSSR count). The number of rotatable bonds is 5. The van der Waals surface area contributed by atoms with Crippen LogP contribution in [-0.4, -0.2) is 23.9 Å². The van der Waals surface area contributed by atoms with Gasteiger partial charge in [0.1, 0.15) is 0 Å². The normalized spacial score (nSPS) is 11.2. The van der Waals surface area contributed by atoms with Gasteiger partial charge in [-0.3, -0.25) is 9.59 Å². The van der Waals surface area contributed by atoms with Crippen LogP contribution in [0.3, 0.4) is 0 Å². The van der Waals surface area contributed by atoms with E-state index in [1.165, 1.54) is 0 Å². The third-order valence-corrected chi connectivity index (χ3v) is 2.47. The second-order valence-corrected chi connectivity index (χ2v) is 3.88. The molecule has 112 valence electrons. The number of aromatic amines is 1. The van der Waals surface area contributed by atoms with Gasteiger partial charge in [-0.15, -0.1) is 24.8 Å². The number of esters is 1. The number of hydrogen-bond acceptors (Lipinski definition) is 4. The van der Waals surface area contributed by atoms with Crippen molar-refractivity contribution in [1.82, 2.24) is 4.98 Å². The van der Waals surface area contributed by atoms with E-state index in [-0.39, 0.29) is 23.7 Å². The molecule has 0 saturated heterocycles. The number of hydrogen-bond donors (Lipinski definition) is 1. The molecule has 0 aromatic carbocycles. The average molecular weight is 314 g/mol. The van der Waals surface area contributed by atoms with Gasteiger partial charge in [0.15, 0.2) is 5.75 Å². The fourth-order valence-electron chi connectivity index (χ4n) is 1.40. The van der Waals surface area contributed by atoms with Gasteiger partial charge in [0.25, 0.3) is 0 Å². The minimum atomic E-state index is -5.05. The van der Waals surface area contributed by atoms with Crippen LogP contribution in [0.1, 0.15) is 18.2 Å². The number of ether oxygens (including phenoxy) is 2. The molecule has 1 aromatic heterocycles. The highest BCUT2D eigenvalue weighted by Crippen LogP contribution is 2.23. The Hall–Kier alpha value is -1.70. The maximum Gasteiger partial charge on any atom is 0.573 e. The lowest BCUT2D eigenvalue weighted by Gasteiger charge is -2.13. The highest BCUT2D eigenvalue weighted by atomic mass is 35.5. The minimum Gasteiger partial charge on any atom is -0.466 e. The molecule has 0 atom stereocenters. The molecule has 0 spiro atoms. The van der Waals surface area contributed by atoms with Crippen LogP contribution < -0.4 is 10.2 Å². The first-order chi connectivity index (χ1) is 9.28. The van der Waals surface area contributed by atoms with Crippen LogP contribution in [0.4, 0.5) is 13.2 Å². The maximum atomic E-state index is 12.3. The van der Waals surface area contributed by atoms with E-state index in [0.29, 0.717) is 0 Å². The fourth-order valence-corrected chi connectivity index (χ4v) is 1.60. The Labute approximate surface area is 116 Å². The lowest BCUT2D eigenvalue weighted by atomic mass is 10.2. The maximum absolute atomic E-state index is 12.3. The molecule has 0 aliphatic carbocycles. The number of carbonyl (C=O) groups excluding carboxylic acids is 1. The molecule has 0 radical (unpaired) electrons. The molecular formula is C11H11ClF3NO4. The van der Waals surface area contributed by atoms with Gasteiger partial charge in [0, 0.05) is 11.8 Å². The van der Waals surface area contributed by atoms with Crippen molar-refractivity contribution in [3.8, 4) is 5.75 Å². The summed E-state index contributed by atoms with van der Waals surface area (Å²) < 4.78 is 45.2. The zero-order valence-corrected chi connectivity index (χ0v) is 11.1. The average Bonchev–Trinajstić information content (AvgIpc) is 2.33. The van der Waals surface area contributed by atoms with Crippen molar-refractivity contribution in [3.63, 3.8) is 0 Å². The van der Waals surface area contributed by atoms with Crippen LogP contribution in [0, 0.1) is 0 Å². The Balaban J connectivity index is 3.19. The van der Waals surface area contributed by atoms with E-state index in [1.54, 1.807) is 6.92 Å². The minimum absolute atomic E-state index is 0.0677. The molecule has 0 unspecified atom stereocenters. The van der Waals surface area contributed by atoms with Crippen molar-refractivity contribution < 1.29 is 27.4 Å². The first kappa shape index (κ1) is 16.4. The molecule has 5 nitrogen and oxygen atoms in total. The van der Waals surface area contributed by atoms with Gasteiger partial charge in [0.05, 0.1) is 24.6 Å². The molecule has 9 heteroatoms. The standard InChI is InChI=1S/C11H11ClF3NO4/c1-2-19-8(17)3-7-10(20-11(13,14)15)9(18)6(4-12)5-16-7/h5H,2-4H2,1H3,(H,16,18). The number of aromatic nitrogens is 1. The Morgan fingerprint density at radius 1 is 1.45 bits per heavy atom. The fraction of sp³-hybridized carbons (Fsp3) is 0.455. The zero-order valence-electron chi connectivity index (χ0n) is 10.3. The van der Waals surface area contributed by atoms with E-state index in [1.807, 2.05) is 0 Å². The van der Waals surface area contributed by atoms with E-state index >= 15 is 0 Å². The van der Waals surface area contributed by atoms with Crippen LogP contribution in [0.25, 0.3) is 0 Å². The smallest absolute Gasteiger partial charge is 0.466 e. The monoisotopic (exact) mass is 313 g/mol. The quantitative estimate of drug-likeness (QED) is 0.668. The van der Waals surface area contributed by atoms with Gasteiger partial charge < -0.3 is 14.5 Å². The van der Waals surface area contributed by atoms with Gasteiger partial charge in [-0.05, 0) is 6.92 Å². The largest absolute Gasteiger partial charge is 0.573 e. The van der Waals surface area contributed by atoms with Crippen LogP contribution in [0.15, 0.2) is 11.0 Å². The van der Waals surface area contributed by atoms with E-state index in [4.69, 9.17) is 11.6 Å². The summed E-state index contributed by atoms with van der Waals surface area (Å²) in [7, 11) is 0. The summed E-state index contributed by atoms with van der Waals surface area (Å²) in [5, 5.41) is 0. The van der Waals surface area contributed by atoms with Crippen LogP contribution >= 0.6 is 11.6 Å². The predicted molar refractivity (Wildman–Crippen MR) is 63.6 cm³/mol. The van der Waals surface area contributed by atoms with Gasteiger partial charge in [-0.1, -0.05) is 0 Å². The molecule has 0 aliphatic heterocycles. The topological polar surface area (TPSA) is 68.4 Å². The summed E-state index contributed by atoms with van der Waals surface area (Å²) in [6.45, 7) is 1.61. The second kappa shape index (κ2) is 6.65. The summed E-state index contributed by atoms with van der Waals surface area (Å²) in [6, 6.07) is 0. The summed E-state index contributed by atoms with van der Waals surface area (Å²) in [5.74, 6) is -2.07. The van der Waals surface area contributed by atoms with E-state index in [2.05, 4.69) is 14.5 Å². The molecule has 0 saturated carbocycles. The van der Waals surface area contributed by atoms with Gasteiger partial charge in [-0.2, -0.15) is 0 Å². The van der Waals surface area contributed by atoms with Crippen molar-refractivity contribution >= 4 is 17.6 Å². The number of H-pyrrole nitrogens is 1. The first-order valence-corrected chi connectivity index (χ1v) is 6.02. The van der Waals surface area contributed by atoms with Crippen molar-refractivity contribution in [2.24, 2.45) is 0 Å². The number of alkyl halides is 4. The number of halogens is 4. The Bertz CT molecular complexity index is 541. The lowest BCUT2D eigenvalue weighted by Crippen LogP contribution is -2.26. The molecule has 1 heterocycles. The zero-order chi connectivity index (χ0) is 15.3. The third kappa shape index (κ3) is 4.44. The summed E-state index contributed by atoms with van der Waals surface area (Å²) >= 11 is 5.43. The highest BCUT2D eigenvalue weighted by Gasteiger charge is 2.34. The van der Waals surface area contributed by atoms with Crippen molar-refractivity contribution in [2.75, 3.05) is 6.61 Å². The number of carbonyl (C=O) groups is 1. The SMILES string of the molecule is CCOC(=O)Cc1[nH]cc(CCl)c(=O)c1OC(F)(F)F. The third-order valence-electron chi connectivity index (χ3n) is 2.18. The predicted octanol–water partition coefficient (Wildman–Crippen LogP) is 2.12. The first-order valence-electron chi connectivity index (χ1n) is 5.49. The summed E-state index contributed by atoms with van der Waals surface area (Å²) in [5.41, 5.74) is -1.44. The van der Waals surface area contributed by atoms with E-state index < -0.39 is 29.9 Å². The Morgan fingerprint density at radius 2 is 2.10 bits per heavy atom. The van der Waals surface area contributed by atoms with Crippen molar-refractivity contribution in [3.05, 3.63) is 27.7 Å². The summed E-state index contributed by atoms with van der Waals surface area (Å²) in [6.07, 6.45) is -4.47. The molecule has 0 aliphatic rings. The molecular weight excluding hydrogens is 303 g/mol. The molecule has 0 bridgehead atoms. The Morgan fingerprint density at radius 3 is 2.60 bits per heavy atom. The van der Waals surface area contributed by atoms with Gasteiger partial charge >= 0.3 is 12.3 Å². The number of pyridine rings is 1. The van der Waals surface area contributed by atoms with Crippen LogP contribution in [-0.2, 0) is 21.8 Å². The molecule has 1 N–H and O–H groups in total. The molecule has 0 fully saturated rings. The van der Waals surface area contributed by atoms with Gasteiger partial charge in [0.2, 0.25) is 5.43 Å². The lowest BCUT2D eigenvalue weighted by molar-refractivity contribution is -0.275. The number of nitrogens with one attached hydrogen (secondary N) is 1. The van der Waals surface area contributed by atoms with Crippen LogP contribution in [0.5, 0.6) is 5.75 Å². The van der Waals surface area contributed by atoms with E-state index in [9.17, 15) is 22.8 Å². The Kier molecular flexibility index (Phi) is 5.43. The van der Waals surface area contributed by atoms with Crippen LogP contribution in [0.2, 0.25) is 0 Å². The second-order valence-electron chi connectivity index (χ2n) is 3.61. The van der Waals surface area contributed by atoms with Crippen molar-refractivity contribution in [2.45, 2.75) is 25.6 Å². The van der Waals surface area contributed by atoms with E-state index in [0.717, 1.165) is 6.20 Å². The summed E-state index contributed by atoms with van der Waals surface area (Å²) in [4.78, 5) is 25.4. The molecule has 0 amide bonds. The molecule has 20 heavy (non-hydrogen) atoms.